The Balaban J connectivity index is 1.23. The van der Waals surface area contributed by atoms with Crippen LogP contribution in [0.4, 0.5) is 14.5 Å². The molecule has 36 heavy (non-hydrogen) atoms. The van der Waals surface area contributed by atoms with Crippen LogP contribution in [0.1, 0.15) is 50.9 Å². The number of rotatable bonds is 4. The molecule has 4 aromatic rings. The second-order valence-electron chi connectivity index (χ2n) is 8.70. The Bertz CT molecular complexity index is 1460. The minimum Gasteiger partial charge on any atom is -0.438 e. The van der Waals surface area contributed by atoms with Crippen LogP contribution in [0.2, 0.25) is 5.15 Å². The van der Waals surface area contributed by atoms with E-state index < -0.39 is 11.6 Å². The van der Waals surface area contributed by atoms with Crippen LogP contribution in [0, 0.1) is 18.6 Å². The molecule has 1 fully saturated rings. The maximum atomic E-state index is 13.6. The number of oxazole rings is 1. The molecule has 0 bridgehead atoms. The number of likely N-dealkylation sites (tertiary alicyclic amines) is 1. The number of nitrogens with zero attached hydrogens (tertiary/aromatic N) is 3. The largest absolute Gasteiger partial charge is 0.438 e. The van der Waals surface area contributed by atoms with E-state index >= 15 is 0 Å². The van der Waals surface area contributed by atoms with Crippen LogP contribution in [0.25, 0.3) is 10.9 Å². The number of benzene rings is 2. The Morgan fingerprint density at radius 2 is 1.78 bits per heavy atom. The van der Waals surface area contributed by atoms with Crippen molar-refractivity contribution in [2.24, 2.45) is 0 Å². The molecule has 0 unspecified atom stereocenters. The molecule has 1 aliphatic rings. The van der Waals surface area contributed by atoms with Crippen LogP contribution in [-0.2, 0) is 0 Å². The monoisotopic (exact) mass is 510 g/mol. The van der Waals surface area contributed by atoms with E-state index in [0.29, 0.717) is 29.9 Å². The van der Waals surface area contributed by atoms with Crippen LogP contribution in [0.5, 0.6) is 0 Å². The quantitative estimate of drug-likeness (QED) is 0.354. The van der Waals surface area contributed by atoms with Crippen LogP contribution >= 0.6 is 11.6 Å². The number of anilines is 1. The molecule has 184 valence electrons. The minimum atomic E-state index is -1.02. The van der Waals surface area contributed by atoms with Crippen molar-refractivity contribution in [3.63, 3.8) is 0 Å². The molecule has 7 nitrogen and oxygen atoms in total. The van der Waals surface area contributed by atoms with E-state index in [-0.39, 0.29) is 39.7 Å². The lowest BCUT2D eigenvalue weighted by Crippen LogP contribution is -2.38. The first kappa shape index (κ1) is 23.9. The zero-order valence-corrected chi connectivity index (χ0v) is 20.0. The van der Waals surface area contributed by atoms with Crippen LogP contribution in [0.15, 0.2) is 53.3 Å². The molecule has 10 heteroatoms. The van der Waals surface area contributed by atoms with Gasteiger partial charge in [0.25, 0.3) is 11.8 Å². The number of aromatic nitrogens is 2. The highest BCUT2D eigenvalue weighted by Crippen LogP contribution is 2.31. The Hall–Kier alpha value is -3.85. The molecule has 2 amide bonds. The standard InChI is InChI=1S/C26H21ClF2N4O3/c1-14-23(36-13-30-14)25(34)31-18-4-2-15(3-5-18)16-6-8-33(9-7-16)26(35)19-10-17-11-20(28)21(29)12-22(17)32-24(19)27/h2-5,10-13,16H,6-9H2,1H3,(H,31,34). The van der Waals surface area contributed by atoms with E-state index in [2.05, 4.69) is 15.3 Å². The summed E-state index contributed by atoms with van der Waals surface area (Å²) in [6.45, 7) is 2.72. The van der Waals surface area contributed by atoms with Gasteiger partial charge in [0.1, 0.15) is 5.15 Å². The van der Waals surface area contributed by atoms with Gasteiger partial charge in [0.2, 0.25) is 5.76 Å². The van der Waals surface area contributed by atoms with E-state index in [1.165, 1.54) is 12.5 Å². The van der Waals surface area contributed by atoms with E-state index in [9.17, 15) is 18.4 Å². The summed E-state index contributed by atoms with van der Waals surface area (Å²) in [5.74, 6) is -2.26. The van der Waals surface area contributed by atoms with E-state index in [4.69, 9.17) is 16.0 Å². The fourth-order valence-electron chi connectivity index (χ4n) is 4.43. The second-order valence-corrected chi connectivity index (χ2v) is 9.05. The van der Waals surface area contributed by atoms with Crippen molar-refractivity contribution in [1.82, 2.24) is 14.9 Å². The summed E-state index contributed by atoms with van der Waals surface area (Å²) in [7, 11) is 0. The third-order valence-electron chi connectivity index (χ3n) is 6.41. The van der Waals surface area contributed by atoms with Gasteiger partial charge in [0.15, 0.2) is 18.0 Å². The molecule has 1 aliphatic heterocycles. The van der Waals surface area contributed by atoms with Gasteiger partial charge in [0.05, 0.1) is 16.8 Å². The smallest absolute Gasteiger partial charge is 0.293 e. The molecule has 1 saturated heterocycles. The number of nitrogens with one attached hydrogen (secondary N) is 1. The predicted molar refractivity (Wildman–Crippen MR) is 130 cm³/mol. The number of fused-ring (bicyclic) bond motifs is 1. The molecule has 2 aromatic carbocycles. The van der Waals surface area contributed by atoms with Crippen molar-refractivity contribution in [3.05, 3.63) is 88.2 Å². The molecule has 2 aromatic heterocycles. The SMILES string of the molecule is Cc1ncoc1C(=O)Nc1ccc(C2CCN(C(=O)c3cc4cc(F)c(F)cc4nc3Cl)CC2)cc1. The molecule has 1 N–H and O–H groups in total. The van der Waals surface area contributed by atoms with Crippen molar-refractivity contribution < 1.29 is 22.8 Å². The molecule has 5 rings (SSSR count). The van der Waals surface area contributed by atoms with Gasteiger partial charge in [-0.25, -0.2) is 18.7 Å². The van der Waals surface area contributed by atoms with Gasteiger partial charge in [-0.1, -0.05) is 23.7 Å². The Morgan fingerprint density at radius 1 is 1.08 bits per heavy atom. The summed E-state index contributed by atoms with van der Waals surface area (Å²) in [6.07, 6.45) is 2.72. The molecule has 0 spiro atoms. The molecule has 0 radical (unpaired) electrons. The van der Waals surface area contributed by atoms with Crippen molar-refractivity contribution in [3.8, 4) is 0 Å². The average molecular weight is 511 g/mol. The van der Waals surface area contributed by atoms with Crippen LogP contribution in [-0.4, -0.2) is 39.8 Å². The molecular formula is C26H21ClF2N4O3. The molecule has 3 heterocycles. The number of carbonyl (C=O) groups excluding carboxylic acids is 2. The molecule has 0 aliphatic carbocycles. The van der Waals surface area contributed by atoms with Gasteiger partial charge in [0, 0.05) is 30.2 Å². The normalized spacial score (nSPS) is 14.3. The number of aryl methyl sites for hydroxylation is 1. The summed E-state index contributed by atoms with van der Waals surface area (Å²) in [6, 6.07) is 11.0. The third-order valence-corrected chi connectivity index (χ3v) is 6.70. The topological polar surface area (TPSA) is 88.3 Å². The second kappa shape index (κ2) is 9.66. The number of halogens is 3. The summed E-state index contributed by atoms with van der Waals surface area (Å²) >= 11 is 6.21. The molecular weight excluding hydrogens is 490 g/mol. The average Bonchev–Trinajstić information content (AvgIpc) is 3.31. The number of carbonyl (C=O) groups is 2. The highest BCUT2D eigenvalue weighted by molar-refractivity contribution is 6.33. The molecule has 0 atom stereocenters. The van der Waals surface area contributed by atoms with Gasteiger partial charge in [-0.15, -0.1) is 0 Å². The van der Waals surface area contributed by atoms with Gasteiger partial charge >= 0.3 is 0 Å². The zero-order valence-electron chi connectivity index (χ0n) is 19.2. The van der Waals surface area contributed by atoms with Gasteiger partial charge in [-0.2, -0.15) is 0 Å². The van der Waals surface area contributed by atoms with Crippen molar-refractivity contribution in [2.45, 2.75) is 25.7 Å². The van der Waals surface area contributed by atoms with Crippen LogP contribution in [0.3, 0.4) is 0 Å². The number of pyridine rings is 1. The highest BCUT2D eigenvalue weighted by atomic mass is 35.5. The number of hydrogen-bond donors (Lipinski definition) is 1. The molecule has 0 saturated carbocycles. The lowest BCUT2D eigenvalue weighted by molar-refractivity contribution is 0.0713. The Kier molecular flexibility index (Phi) is 6.40. The lowest BCUT2D eigenvalue weighted by Gasteiger charge is -2.32. The summed E-state index contributed by atoms with van der Waals surface area (Å²) in [4.78, 5) is 35.1. The first-order valence-corrected chi connectivity index (χ1v) is 11.7. The van der Waals surface area contributed by atoms with E-state index in [1.807, 2.05) is 24.3 Å². The fraction of sp³-hybridized carbons (Fsp3) is 0.231. The zero-order chi connectivity index (χ0) is 25.4. The minimum absolute atomic E-state index is 0.0428. The van der Waals surface area contributed by atoms with Crippen LogP contribution < -0.4 is 5.32 Å². The van der Waals surface area contributed by atoms with Crippen molar-refractivity contribution in [2.75, 3.05) is 18.4 Å². The number of hydrogen-bond acceptors (Lipinski definition) is 5. The fourth-order valence-corrected chi connectivity index (χ4v) is 4.65. The Labute approximate surface area is 210 Å². The highest BCUT2D eigenvalue weighted by Gasteiger charge is 2.27. The van der Waals surface area contributed by atoms with Gasteiger partial charge in [-0.3, -0.25) is 9.59 Å². The maximum Gasteiger partial charge on any atom is 0.293 e. The maximum absolute atomic E-state index is 13.6. The van der Waals surface area contributed by atoms with Crippen molar-refractivity contribution in [1.29, 1.82) is 0 Å². The summed E-state index contributed by atoms with van der Waals surface area (Å²) in [5.41, 5.74) is 2.62. The third kappa shape index (κ3) is 4.66. The van der Waals surface area contributed by atoms with E-state index in [1.54, 1.807) is 11.8 Å². The van der Waals surface area contributed by atoms with Gasteiger partial charge in [-0.05, 0) is 55.5 Å². The number of piperidine rings is 1. The first-order valence-electron chi connectivity index (χ1n) is 11.4. The summed E-state index contributed by atoms with van der Waals surface area (Å²) in [5, 5.41) is 3.06. The lowest BCUT2D eigenvalue weighted by atomic mass is 9.89. The summed E-state index contributed by atoms with van der Waals surface area (Å²) < 4.78 is 32.3. The number of amides is 2. The first-order chi connectivity index (χ1) is 17.3. The van der Waals surface area contributed by atoms with E-state index in [0.717, 1.165) is 30.5 Å². The Morgan fingerprint density at radius 3 is 2.44 bits per heavy atom. The van der Waals surface area contributed by atoms with Gasteiger partial charge < -0.3 is 14.6 Å². The predicted octanol–water partition coefficient (Wildman–Crippen LogP) is 5.73. The van der Waals surface area contributed by atoms with Crippen molar-refractivity contribution >= 4 is 40.0 Å².